The number of H-pyrrole nitrogens is 1. The summed E-state index contributed by atoms with van der Waals surface area (Å²) in [4.78, 5) is 37.2. The Balaban J connectivity index is 1.42. The van der Waals surface area contributed by atoms with Gasteiger partial charge in [-0.05, 0) is 31.0 Å². The molecule has 0 atom stereocenters. The highest BCUT2D eigenvalue weighted by Crippen LogP contribution is 2.35. The van der Waals surface area contributed by atoms with E-state index in [9.17, 15) is 9.59 Å². The molecular weight excluding hydrogens is 488 g/mol. The highest BCUT2D eigenvalue weighted by Gasteiger charge is 2.23. The second-order valence-electron chi connectivity index (χ2n) is 8.81. The van der Waals surface area contributed by atoms with Crippen molar-refractivity contribution in [1.29, 1.82) is 0 Å². The highest BCUT2D eigenvalue weighted by atomic mass is 32.1. The summed E-state index contributed by atoms with van der Waals surface area (Å²) >= 11 is 2.68. The van der Waals surface area contributed by atoms with Gasteiger partial charge in [0, 0.05) is 34.7 Å². The zero-order chi connectivity index (χ0) is 25.4. The lowest BCUT2D eigenvalue weighted by Crippen LogP contribution is -2.09. The Labute approximate surface area is 217 Å². The van der Waals surface area contributed by atoms with Gasteiger partial charge in [0.05, 0.1) is 16.8 Å². The number of carbonyl (C=O) groups is 2. The van der Waals surface area contributed by atoms with Crippen molar-refractivity contribution in [2.24, 2.45) is 0 Å². The van der Waals surface area contributed by atoms with Gasteiger partial charge in [-0.15, -0.1) is 11.3 Å². The van der Waals surface area contributed by atoms with Crippen molar-refractivity contribution in [1.82, 2.24) is 4.98 Å². The van der Waals surface area contributed by atoms with Gasteiger partial charge in [-0.3, -0.25) is 9.59 Å². The van der Waals surface area contributed by atoms with E-state index in [-0.39, 0.29) is 11.6 Å². The fraction of sp³-hybridized carbons (Fsp3) is 0.214. The first-order chi connectivity index (χ1) is 17.4. The first-order valence-electron chi connectivity index (χ1n) is 12.0. The van der Waals surface area contributed by atoms with Gasteiger partial charge >= 0.3 is 0 Å². The first kappa shape index (κ1) is 24.1. The third kappa shape index (κ3) is 4.27. The molecule has 1 aromatic carbocycles. The van der Waals surface area contributed by atoms with E-state index < -0.39 is 0 Å². The molecule has 0 unspecified atom stereocenters. The van der Waals surface area contributed by atoms with Crippen LogP contribution in [0.1, 0.15) is 68.5 Å². The van der Waals surface area contributed by atoms with Gasteiger partial charge in [-0.1, -0.05) is 55.9 Å². The molecule has 0 saturated heterocycles. The average molecular weight is 516 g/mol. The van der Waals surface area contributed by atoms with Gasteiger partial charge in [0.25, 0.3) is 4.83 Å². The monoisotopic (exact) mass is 515 g/mol. The molecule has 5 rings (SSSR count). The Hall–Kier alpha value is -3.62. The molecular formula is C28H27N4O2S2+. The van der Waals surface area contributed by atoms with Crippen LogP contribution in [0.5, 0.6) is 0 Å². The van der Waals surface area contributed by atoms with E-state index in [1.54, 1.807) is 24.3 Å². The predicted octanol–water partition coefficient (Wildman–Crippen LogP) is 5.86. The molecule has 182 valence electrons. The number of anilines is 2. The number of nitrogens with two attached hydrogens (primary N) is 2. The first-order valence-corrected chi connectivity index (χ1v) is 13.6. The van der Waals surface area contributed by atoms with Crippen LogP contribution in [0.15, 0.2) is 48.5 Å². The van der Waals surface area contributed by atoms with E-state index in [1.165, 1.54) is 22.7 Å². The van der Waals surface area contributed by atoms with Gasteiger partial charge in [-0.2, -0.15) is 4.98 Å². The summed E-state index contributed by atoms with van der Waals surface area (Å²) < 4.78 is 0. The van der Waals surface area contributed by atoms with Crippen LogP contribution in [-0.2, 0) is 12.8 Å². The number of rotatable bonds is 8. The molecule has 0 radical (unpaired) electrons. The average Bonchev–Trinajstić information content (AvgIpc) is 3.39. The maximum atomic E-state index is 13.3. The van der Waals surface area contributed by atoms with E-state index in [0.717, 1.165) is 57.5 Å². The molecule has 8 heteroatoms. The molecule has 0 saturated carbocycles. The number of hydrogen-bond donors (Lipinski definition) is 2. The number of thiophene rings is 2. The quantitative estimate of drug-likeness (QED) is 0.251. The Morgan fingerprint density at radius 2 is 1.36 bits per heavy atom. The second-order valence-corrected chi connectivity index (χ2v) is 10.8. The van der Waals surface area contributed by atoms with Crippen LogP contribution in [0.25, 0.3) is 20.4 Å². The summed E-state index contributed by atoms with van der Waals surface area (Å²) in [6.45, 7) is 4.23. The van der Waals surface area contributed by atoms with Gasteiger partial charge in [0.2, 0.25) is 11.6 Å². The lowest BCUT2D eigenvalue weighted by molar-refractivity contribution is -0.354. The Morgan fingerprint density at radius 1 is 0.778 bits per heavy atom. The van der Waals surface area contributed by atoms with Crippen molar-refractivity contribution >= 4 is 66.0 Å². The van der Waals surface area contributed by atoms with E-state index >= 15 is 0 Å². The zero-order valence-corrected chi connectivity index (χ0v) is 21.8. The Morgan fingerprint density at radius 3 is 2.00 bits per heavy atom. The number of aryl methyl sites for hydroxylation is 2. The number of ketones is 2. The van der Waals surface area contributed by atoms with Crippen LogP contribution >= 0.6 is 22.7 Å². The van der Waals surface area contributed by atoms with Crippen LogP contribution in [0, 0.1) is 0 Å². The van der Waals surface area contributed by atoms with Crippen LogP contribution in [-0.4, -0.2) is 16.6 Å². The van der Waals surface area contributed by atoms with Crippen LogP contribution in [0.3, 0.4) is 0 Å². The lowest BCUT2D eigenvalue weighted by atomic mass is 10.0. The summed E-state index contributed by atoms with van der Waals surface area (Å²) in [6.07, 6.45) is 3.85. The van der Waals surface area contributed by atoms with Crippen molar-refractivity contribution < 1.29 is 14.6 Å². The molecule has 5 aromatic rings. The second kappa shape index (κ2) is 9.79. The maximum Gasteiger partial charge on any atom is 0.270 e. The minimum Gasteiger partial charge on any atom is -0.397 e. The summed E-state index contributed by atoms with van der Waals surface area (Å²) in [5, 5.41) is 1.65. The van der Waals surface area contributed by atoms with E-state index in [2.05, 4.69) is 23.8 Å². The molecule has 4 aromatic heterocycles. The molecule has 0 fully saturated rings. The van der Waals surface area contributed by atoms with E-state index in [4.69, 9.17) is 11.5 Å². The number of nitrogen functional groups attached to an aromatic ring is 2. The van der Waals surface area contributed by atoms with Crippen molar-refractivity contribution in [2.75, 3.05) is 11.5 Å². The number of nitrogens with zero attached hydrogens (tertiary/aromatic N) is 1. The number of fused-ring (bicyclic) bond motifs is 2. The SMILES string of the molecule is CCCc1ccc2c(N)c(C(=O)c3ccc(C(=O)c4sc5[nH+]c(CCC)ccc5c4N)cc3)sc2n1. The smallest absolute Gasteiger partial charge is 0.270 e. The fourth-order valence-electron chi connectivity index (χ4n) is 4.30. The maximum absolute atomic E-state index is 13.3. The Bertz CT molecular complexity index is 1500. The van der Waals surface area contributed by atoms with Crippen molar-refractivity contribution in [2.45, 2.75) is 39.5 Å². The standard InChI is InChI=1S/C28H26N4O2S2/c1-3-5-17-11-13-19-21(29)25(35-27(19)31-17)23(33)15-7-9-16(10-8-15)24(34)26-22(30)20-14-12-18(6-4-2)32-28(20)36-26/h7-14H,3-6,29-30H2,1-2H3/p+1. The molecule has 0 aliphatic heterocycles. The van der Waals surface area contributed by atoms with Crippen molar-refractivity contribution in [3.05, 3.63) is 80.8 Å². The molecule has 4 heterocycles. The lowest BCUT2D eigenvalue weighted by Gasteiger charge is -2.03. The molecule has 6 nitrogen and oxygen atoms in total. The third-order valence-corrected chi connectivity index (χ3v) is 8.46. The molecule has 36 heavy (non-hydrogen) atoms. The summed E-state index contributed by atoms with van der Waals surface area (Å²) in [7, 11) is 0. The normalized spacial score (nSPS) is 11.4. The number of nitrogens with one attached hydrogen (secondary N) is 1. The molecule has 0 spiro atoms. The third-order valence-electron chi connectivity index (χ3n) is 6.21. The number of pyridine rings is 2. The van der Waals surface area contributed by atoms with E-state index in [1.807, 2.05) is 24.3 Å². The number of aromatic amines is 1. The summed E-state index contributed by atoms with van der Waals surface area (Å²) in [5.74, 6) is -0.335. The fourth-order valence-corrected chi connectivity index (χ4v) is 6.48. The minimum atomic E-state index is -0.175. The summed E-state index contributed by atoms with van der Waals surface area (Å²) in [5.41, 5.74) is 16.6. The van der Waals surface area contributed by atoms with Crippen LogP contribution in [0.2, 0.25) is 0 Å². The molecule has 5 N–H and O–H groups in total. The summed E-state index contributed by atoms with van der Waals surface area (Å²) in [6, 6.07) is 14.6. The largest absolute Gasteiger partial charge is 0.397 e. The van der Waals surface area contributed by atoms with Crippen molar-refractivity contribution in [3.8, 4) is 0 Å². The minimum absolute atomic E-state index is 0.160. The van der Waals surface area contributed by atoms with Crippen LogP contribution in [0.4, 0.5) is 11.4 Å². The molecule has 0 amide bonds. The van der Waals surface area contributed by atoms with Crippen molar-refractivity contribution in [3.63, 3.8) is 0 Å². The number of benzene rings is 1. The van der Waals surface area contributed by atoms with Gasteiger partial charge in [0.1, 0.15) is 14.6 Å². The number of hydrogen-bond acceptors (Lipinski definition) is 7. The molecule has 0 aliphatic rings. The van der Waals surface area contributed by atoms with Gasteiger partial charge < -0.3 is 11.5 Å². The zero-order valence-electron chi connectivity index (χ0n) is 20.2. The number of aromatic nitrogens is 2. The Kier molecular flexibility index (Phi) is 6.55. The number of carbonyl (C=O) groups excluding carboxylic acids is 2. The topological polar surface area (TPSA) is 113 Å². The highest BCUT2D eigenvalue weighted by molar-refractivity contribution is 7.21. The van der Waals surface area contributed by atoms with Gasteiger partial charge in [-0.25, -0.2) is 4.98 Å². The van der Waals surface area contributed by atoms with E-state index in [0.29, 0.717) is 32.3 Å². The van der Waals surface area contributed by atoms with Crippen LogP contribution < -0.4 is 16.5 Å². The van der Waals surface area contributed by atoms with Gasteiger partial charge in [0.15, 0.2) is 5.69 Å². The molecule has 0 bridgehead atoms. The predicted molar refractivity (Wildman–Crippen MR) is 148 cm³/mol. The molecule has 0 aliphatic carbocycles.